The number of carbonyl (C=O) groups excluding carboxylic acids is 1. The van der Waals surface area contributed by atoms with Crippen molar-refractivity contribution in [1.82, 2.24) is 9.99 Å². The smallest absolute Gasteiger partial charge is 0.260 e. The van der Waals surface area contributed by atoms with Crippen molar-refractivity contribution in [3.63, 3.8) is 0 Å². The Labute approximate surface area is 211 Å². The average molecular weight is 572 g/mol. The van der Waals surface area contributed by atoms with Crippen LogP contribution in [-0.2, 0) is 14.8 Å². The van der Waals surface area contributed by atoms with Gasteiger partial charge in [0.2, 0.25) is 10.0 Å². The highest BCUT2D eigenvalue weighted by Gasteiger charge is 2.21. The molecule has 33 heavy (non-hydrogen) atoms. The lowest BCUT2D eigenvalue weighted by molar-refractivity contribution is -0.119. The van der Waals surface area contributed by atoms with Crippen molar-refractivity contribution >= 4 is 67.0 Å². The maximum atomic E-state index is 12.4. The molecule has 7 nitrogen and oxygen atoms in total. The van der Waals surface area contributed by atoms with Crippen LogP contribution >= 0.6 is 39.1 Å². The summed E-state index contributed by atoms with van der Waals surface area (Å²) in [5.41, 5.74) is 6.01. The van der Waals surface area contributed by atoms with E-state index in [1.165, 1.54) is 6.21 Å². The Kier molecular flexibility index (Phi) is 7.89. The van der Waals surface area contributed by atoms with E-state index in [0.29, 0.717) is 20.2 Å². The van der Waals surface area contributed by atoms with Gasteiger partial charge < -0.3 is 4.57 Å². The number of carbonyl (C=O) groups is 1. The fourth-order valence-electron chi connectivity index (χ4n) is 3.33. The third-order valence-corrected chi connectivity index (χ3v) is 7.26. The molecular weight excluding hydrogens is 551 g/mol. The molecular formula is C22H21BrCl2N4O3S. The number of nitrogens with one attached hydrogen (secondary N) is 1. The van der Waals surface area contributed by atoms with E-state index in [1.54, 1.807) is 30.3 Å². The number of hydrogen-bond donors (Lipinski definition) is 1. The zero-order valence-corrected chi connectivity index (χ0v) is 21.9. The van der Waals surface area contributed by atoms with Gasteiger partial charge in [-0.3, -0.25) is 9.10 Å². The van der Waals surface area contributed by atoms with Crippen molar-refractivity contribution in [2.45, 2.75) is 13.8 Å². The number of halogens is 3. The summed E-state index contributed by atoms with van der Waals surface area (Å²) in [7, 11) is -3.68. The molecule has 1 aromatic heterocycles. The molecule has 1 amide bonds. The van der Waals surface area contributed by atoms with Crippen molar-refractivity contribution in [2.24, 2.45) is 5.10 Å². The highest BCUT2D eigenvalue weighted by atomic mass is 79.9. The minimum Gasteiger partial charge on any atom is -0.316 e. The fourth-order valence-corrected chi connectivity index (χ4v) is 4.94. The molecule has 0 aliphatic heterocycles. The molecule has 1 heterocycles. The number of nitrogens with zero attached hydrogens (tertiary/aromatic N) is 3. The molecule has 0 unspecified atom stereocenters. The number of benzene rings is 2. The topological polar surface area (TPSA) is 83.8 Å². The monoisotopic (exact) mass is 570 g/mol. The first-order valence-electron chi connectivity index (χ1n) is 9.67. The second kappa shape index (κ2) is 10.3. The fraction of sp³-hybridized carbons (Fsp3) is 0.182. The number of sulfonamides is 1. The lowest BCUT2D eigenvalue weighted by atomic mass is 10.2. The SMILES string of the molecule is Cc1cc(/C=N/NC(=O)CN(c2cccc(Br)c2)S(C)(=O)=O)c(C)n1-c1cccc(Cl)c1Cl. The maximum absolute atomic E-state index is 12.4. The third kappa shape index (κ3) is 5.97. The number of rotatable bonds is 7. The van der Waals surface area contributed by atoms with E-state index in [0.717, 1.165) is 33.2 Å². The predicted octanol–water partition coefficient (Wildman–Crippen LogP) is 5.08. The van der Waals surface area contributed by atoms with Crippen LogP contribution in [0.2, 0.25) is 10.0 Å². The van der Waals surface area contributed by atoms with Gasteiger partial charge in [0.05, 0.1) is 33.9 Å². The van der Waals surface area contributed by atoms with Crippen LogP contribution in [0.4, 0.5) is 5.69 Å². The summed E-state index contributed by atoms with van der Waals surface area (Å²) >= 11 is 15.8. The molecule has 3 rings (SSSR count). The second-order valence-electron chi connectivity index (χ2n) is 7.28. The predicted molar refractivity (Wildman–Crippen MR) is 137 cm³/mol. The number of aromatic nitrogens is 1. The summed E-state index contributed by atoms with van der Waals surface area (Å²) in [6.45, 7) is 3.40. The first kappa shape index (κ1) is 25.3. The number of hydrazone groups is 1. The van der Waals surface area contributed by atoms with Gasteiger partial charge in [-0.1, -0.05) is 51.3 Å². The van der Waals surface area contributed by atoms with Crippen LogP contribution in [0.1, 0.15) is 17.0 Å². The molecule has 2 aromatic carbocycles. The molecule has 3 aromatic rings. The first-order chi connectivity index (χ1) is 15.5. The molecule has 0 bridgehead atoms. The number of aryl methyl sites for hydroxylation is 1. The summed E-state index contributed by atoms with van der Waals surface area (Å²) in [5.74, 6) is -0.580. The summed E-state index contributed by atoms with van der Waals surface area (Å²) in [6.07, 6.45) is 2.54. The first-order valence-corrected chi connectivity index (χ1v) is 13.1. The Balaban J connectivity index is 1.77. The van der Waals surface area contributed by atoms with Gasteiger partial charge >= 0.3 is 0 Å². The van der Waals surface area contributed by atoms with E-state index in [9.17, 15) is 13.2 Å². The number of anilines is 1. The molecule has 0 fully saturated rings. The van der Waals surface area contributed by atoms with Crippen LogP contribution in [0, 0.1) is 13.8 Å². The summed E-state index contributed by atoms with van der Waals surface area (Å²) < 4.78 is 28.1. The minimum atomic E-state index is -3.68. The molecule has 0 atom stereocenters. The Bertz CT molecular complexity index is 1340. The molecule has 1 N–H and O–H groups in total. The molecule has 0 saturated carbocycles. The van der Waals surface area contributed by atoms with Crippen molar-refractivity contribution in [1.29, 1.82) is 0 Å². The van der Waals surface area contributed by atoms with Crippen molar-refractivity contribution in [2.75, 3.05) is 17.1 Å². The molecule has 174 valence electrons. The van der Waals surface area contributed by atoms with Gasteiger partial charge in [0.15, 0.2) is 0 Å². The van der Waals surface area contributed by atoms with Crippen LogP contribution in [0.25, 0.3) is 5.69 Å². The Morgan fingerprint density at radius 1 is 1.18 bits per heavy atom. The van der Waals surface area contributed by atoms with E-state index in [-0.39, 0.29) is 0 Å². The van der Waals surface area contributed by atoms with E-state index in [2.05, 4.69) is 26.5 Å². The van der Waals surface area contributed by atoms with Crippen LogP contribution in [0.15, 0.2) is 58.1 Å². The van der Waals surface area contributed by atoms with Gasteiger partial charge in [0, 0.05) is 21.4 Å². The van der Waals surface area contributed by atoms with E-state index in [1.807, 2.05) is 36.6 Å². The quantitative estimate of drug-likeness (QED) is 0.317. The molecule has 0 spiro atoms. The van der Waals surface area contributed by atoms with E-state index in [4.69, 9.17) is 23.2 Å². The second-order valence-corrected chi connectivity index (χ2v) is 10.9. The summed E-state index contributed by atoms with van der Waals surface area (Å²) in [5, 5.41) is 4.89. The zero-order valence-electron chi connectivity index (χ0n) is 18.0. The van der Waals surface area contributed by atoms with Crippen LogP contribution in [0.5, 0.6) is 0 Å². The third-order valence-electron chi connectivity index (χ3n) is 4.82. The van der Waals surface area contributed by atoms with Gasteiger partial charge in [-0.05, 0) is 50.2 Å². The summed E-state index contributed by atoms with van der Waals surface area (Å²) in [4.78, 5) is 12.4. The van der Waals surface area contributed by atoms with Crippen LogP contribution in [-0.4, -0.2) is 37.9 Å². The van der Waals surface area contributed by atoms with Crippen molar-refractivity contribution < 1.29 is 13.2 Å². The van der Waals surface area contributed by atoms with E-state index < -0.39 is 22.5 Å². The zero-order chi connectivity index (χ0) is 24.3. The average Bonchev–Trinajstić information content (AvgIpc) is 3.01. The Hall–Kier alpha value is -2.33. The van der Waals surface area contributed by atoms with Crippen LogP contribution < -0.4 is 9.73 Å². The van der Waals surface area contributed by atoms with Gasteiger partial charge in [0.25, 0.3) is 5.91 Å². The Morgan fingerprint density at radius 3 is 2.55 bits per heavy atom. The standard InChI is InChI=1S/C22H21BrCl2N4O3S/c1-14-10-16(15(2)29(14)20-9-5-8-19(24)22(20)25)12-26-27-21(30)13-28(33(3,31)32)18-7-4-6-17(23)11-18/h4-12H,13H2,1-3H3,(H,27,30)/b26-12+. The number of hydrogen-bond acceptors (Lipinski definition) is 4. The molecule has 0 aliphatic rings. The lowest BCUT2D eigenvalue weighted by Gasteiger charge is -2.21. The van der Waals surface area contributed by atoms with Gasteiger partial charge in [-0.25, -0.2) is 13.8 Å². The van der Waals surface area contributed by atoms with Crippen molar-refractivity contribution in [3.8, 4) is 5.69 Å². The molecule has 0 aliphatic carbocycles. The van der Waals surface area contributed by atoms with Crippen LogP contribution in [0.3, 0.4) is 0 Å². The van der Waals surface area contributed by atoms with Gasteiger partial charge in [-0.2, -0.15) is 5.10 Å². The van der Waals surface area contributed by atoms with Gasteiger partial charge in [-0.15, -0.1) is 0 Å². The lowest BCUT2D eigenvalue weighted by Crippen LogP contribution is -2.39. The Morgan fingerprint density at radius 2 is 1.88 bits per heavy atom. The molecule has 11 heteroatoms. The van der Waals surface area contributed by atoms with Gasteiger partial charge in [0.1, 0.15) is 6.54 Å². The van der Waals surface area contributed by atoms with Crippen molar-refractivity contribution in [3.05, 3.63) is 80.0 Å². The maximum Gasteiger partial charge on any atom is 0.260 e. The highest BCUT2D eigenvalue weighted by Crippen LogP contribution is 2.31. The molecule has 0 saturated heterocycles. The number of amides is 1. The highest BCUT2D eigenvalue weighted by molar-refractivity contribution is 9.10. The largest absolute Gasteiger partial charge is 0.316 e. The molecule has 0 radical (unpaired) electrons. The normalized spacial score (nSPS) is 11.7. The van der Waals surface area contributed by atoms with E-state index >= 15 is 0 Å². The summed E-state index contributed by atoms with van der Waals surface area (Å²) in [6, 6.07) is 14.0. The minimum absolute atomic E-state index is 0.368.